The molecule has 0 radical (unpaired) electrons. The molecule has 1 aliphatic rings. The number of alkyl halides is 1. The van der Waals surface area contributed by atoms with Crippen LogP contribution in [0.1, 0.15) is 38.7 Å². The number of hydrogen-bond acceptors (Lipinski definition) is 2. The van der Waals surface area contributed by atoms with Crippen molar-refractivity contribution in [2.75, 3.05) is 0 Å². The topological polar surface area (TPSA) is 22.1 Å². The lowest BCUT2D eigenvalue weighted by molar-refractivity contribution is 0.241. The van der Waals surface area contributed by atoms with Crippen molar-refractivity contribution in [3.05, 3.63) is 30.1 Å². The van der Waals surface area contributed by atoms with E-state index in [9.17, 15) is 0 Å². The summed E-state index contributed by atoms with van der Waals surface area (Å²) < 4.78 is 5.65. The number of nitrogens with zero attached hydrogens (tertiary/aromatic N) is 1. The molecular weight excluding hydrogens is 234 g/mol. The van der Waals surface area contributed by atoms with Crippen molar-refractivity contribution in [3.8, 4) is 5.75 Å². The molecule has 0 bridgehead atoms. The molecule has 1 aliphatic carbocycles. The average molecular weight is 252 g/mol. The lowest BCUT2D eigenvalue weighted by Crippen LogP contribution is -2.07. The van der Waals surface area contributed by atoms with Crippen molar-refractivity contribution in [1.29, 1.82) is 0 Å². The van der Waals surface area contributed by atoms with E-state index < -0.39 is 0 Å². The number of hydrogen-bond donors (Lipinski definition) is 0. The van der Waals surface area contributed by atoms with Gasteiger partial charge in [0, 0.05) is 6.20 Å². The maximum atomic E-state index is 6.16. The molecule has 0 saturated carbocycles. The number of rotatable bonds is 3. The third-order valence-corrected chi connectivity index (χ3v) is 3.11. The number of ether oxygens (including phenoxy) is 1. The lowest BCUT2D eigenvalue weighted by Gasteiger charge is -2.17. The highest BCUT2D eigenvalue weighted by molar-refractivity contribution is 6.22. The van der Waals surface area contributed by atoms with Gasteiger partial charge in [0.1, 0.15) is 5.75 Å². The van der Waals surface area contributed by atoms with Crippen molar-refractivity contribution in [2.24, 2.45) is 0 Å². The second-order valence-electron chi connectivity index (χ2n) is 4.68. The van der Waals surface area contributed by atoms with Gasteiger partial charge in [-0.15, -0.1) is 11.6 Å². The molecule has 92 valence electrons. The van der Waals surface area contributed by atoms with E-state index in [0.29, 0.717) is 0 Å². The summed E-state index contributed by atoms with van der Waals surface area (Å²) in [6, 6.07) is 2.05. The summed E-state index contributed by atoms with van der Waals surface area (Å²) in [5, 5.41) is 0.161. The molecule has 1 aromatic heterocycles. The first-order valence-corrected chi connectivity index (χ1v) is 6.55. The number of halogens is 1. The van der Waals surface area contributed by atoms with Gasteiger partial charge >= 0.3 is 0 Å². The van der Waals surface area contributed by atoms with Crippen LogP contribution >= 0.6 is 11.6 Å². The minimum atomic E-state index is 0.161. The molecule has 17 heavy (non-hydrogen) atoms. The zero-order valence-electron chi connectivity index (χ0n) is 10.3. The highest BCUT2D eigenvalue weighted by Crippen LogP contribution is 2.30. The number of aromatic nitrogens is 1. The predicted octanol–water partition coefficient (Wildman–Crippen LogP) is 4.04. The second kappa shape index (κ2) is 5.54. The van der Waals surface area contributed by atoms with Gasteiger partial charge in [-0.2, -0.15) is 0 Å². The van der Waals surface area contributed by atoms with Gasteiger partial charge in [0.2, 0.25) is 0 Å². The van der Waals surface area contributed by atoms with E-state index in [1.807, 2.05) is 26.1 Å². The quantitative estimate of drug-likeness (QED) is 0.757. The molecule has 1 heterocycles. The first kappa shape index (κ1) is 12.4. The third kappa shape index (κ3) is 3.47. The fourth-order valence-electron chi connectivity index (χ4n) is 2.04. The Morgan fingerprint density at radius 1 is 1.41 bits per heavy atom. The molecule has 0 spiro atoms. The Labute approximate surface area is 108 Å². The van der Waals surface area contributed by atoms with E-state index >= 15 is 0 Å². The van der Waals surface area contributed by atoms with Crippen LogP contribution in [-0.2, 0) is 0 Å². The molecule has 1 aromatic rings. The smallest absolute Gasteiger partial charge is 0.138 e. The minimum absolute atomic E-state index is 0.161. The predicted molar refractivity (Wildman–Crippen MR) is 71.5 cm³/mol. The monoisotopic (exact) mass is 251 g/mol. The van der Waals surface area contributed by atoms with E-state index in [1.54, 1.807) is 6.20 Å². The van der Waals surface area contributed by atoms with Crippen LogP contribution in [-0.4, -0.2) is 16.5 Å². The number of allylic oxidation sites excluding steroid dienone is 2. The van der Waals surface area contributed by atoms with E-state index in [0.717, 1.165) is 30.6 Å². The summed E-state index contributed by atoms with van der Waals surface area (Å²) in [7, 11) is 0. The maximum Gasteiger partial charge on any atom is 0.138 e. The van der Waals surface area contributed by atoms with Crippen LogP contribution in [0.25, 0.3) is 5.57 Å². The molecule has 2 nitrogen and oxygen atoms in total. The number of pyridine rings is 1. The van der Waals surface area contributed by atoms with Crippen LogP contribution in [0, 0.1) is 0 Å². The average Bonchev–Trinajstić information content (AvgIpc) is 2.28. The van der Waals surface area contributed by atoms with Crippen molar-refractivity contribution in [3.63, 3.8) is 0 Å². The summed E-state index contributed by atoms with van der Waals surface area (Å²) >= 11 is 6.16. The fraction of sp³-hybridized carbons (Fsp3) is 0.500. The van der Waals surface area contributed by atoms with E-state index in [2.05, 4.69) is 11.1 Å². The molecule has 0 aromatic carbocycles. The van der Waals surface area contributed by atoms with Gasteiger partial charge in [-0.1, -0.05) is 6.08 Å². The summed E-state index contributed by atoms with van der Waals surface area (Å²) in [5.74, 6) is 0.829. The molecule has 1 unspecified atom stereocenters. The first-order valence-electron chi connectivity index (χ1n) is 6.12. The largest absolute Gasteiger partial charge is 0.489 e. The van der Waals surface area contributed by atoms with Gasteiger partial charge in [-0.3, -0.25) is 4.98 Å². The van der Waals surface area contributed by atoms with Crippen molar-refractivity contribution in [2.45, 2.75) is 44.6 Å². The van der Waals surface area contributed by atoms with Crippen LogP contribution in [0.5, 0.6) is 5.75 Å². The van der Waals surface area contributed by atoms with Crippen molar-refractivity contribution in [1.82, 2.24) is 4.98 Å². The Hall–Kier alpha value is -1.02. The van der Waals surface area contributed by atoms with Crippen LogP contribution in [0.2, 0.25) is 0 Å². The van der Waals surface area contributed by atoms with Gasteiger partial charge < -0.3 is 4.74 Å². The molecule has 0 amide bonds. The van der Waals surface area contributed by atoms with Crippen molar-refractivity contribution < 1.29 is 4.74 Å². The summed E-state index contributed by atoms with van der Waals surface area (Å²) in [6.07, 6.45) is 9.25. The van der Waals surface area contributed by atoms with Gasteiger partial charge in [-0.05, 0) is 50.3 Å². The summed E-state index contributed by atoms with van der Waals surface area (Å²) in [5.41, 5.74) is 2.42. The Balaban J connectivity index is 2.20. The molecule has 0 saturated heterocycles. The van der Waals surface area contributed by atoms with E-state index in [4.69, 9.17) is 16.3 Å². The van der Waals surface area contributed by atoms with Gasteiger partial charge in [0.25, 0.3) is 0 Å². The first-order chi connectivity index (χ1) is 8.15. The summed E-state index contributed by atoms with van der Waals surface area (Å²) in [6.45, 7) is 4.03. The van der Waals surface area contributed by atoms with Crippen LogP contribution in [0.3, 0.4) is 0 Å². The lowest BCUT2D eigenvalue weighted by atomic mass is 9.94. The molecule has 0 aliphatic heterocycles. The van der Waals surface area contributed by atoms with Gasteiger partial charge in [0.15, 0.2) is 0 Å². The maximum absolute atomic E-state index is 6.16. The highest BCUT2D eigenvalue weighted by Gasteiger charge is 2.13. The van der Waals surface area contributed by atoms with Crippen LogP contribution in [0.4, 0.5) is 0 Å². The zero-order chi connectivity index (χ0) is 12.3. The molecule has 0 fully saturated rings. The highest BCUT2D eigenvalue weighted by atomic mass is 35.5. The molecular formula is C14H18ClNO. The Bertz CT molecular complexity index is 414. The molecule has 2 rings (SSSR count). The van der Waals surface area contributed by atoms with Crippen molar-refractivity contribution >= 4 is 17.2 Å². The zero-order valence-corrected chi connectivity index (χ0v) is 11.1. The van der Waals surface area contributed by atoms with E-state index in [1.165, 1.54) is 5.57 Å². The third-order valence-electron chi connectivity index (χ3n) is 2.76. The van der Waals surface area contributed by atoms with Crippen LogP contribution < -0.4 is 4.74 Å². The Kier molecular flexibility index (Phi) is 4.06. The molecule has 3 heteroatoms. The standard InChI is InChI=1S/C14H18ClNO/c1-10(2)17-14-7-12(8-16-9-14)11-4-3-5-13(15)6-11/h6-10,13H,3-5H2,1-2H3. The normalized spacial score (nSPS) is 20.2. The fourth-order valence-corrected chi connectivity index (χ4v) is 2.35. The Morgan fingerprint density at radius 3 is 2.94 bits per heavy atom. The second-order valence-corrected chi connectivity index (χ2v) is 5.24. The van der Waals surface area contributed by atoms with Crippen LogP contribution in [0.15, 0.2) is 24.5 Å². The molecule has 0 N–H and O–H groups in total. The van der Waals surface area contributed by atoms with Gasteiger partial charge in [-0.25, -0.2) is 0 Å². The summed E-state index contributed by atoms with van der Waals surface area (Å²) in [4.78, 5) is 4.23. The SMILES string of the molecule is CC(C)Oc1cncc(C2=CC(Cl)CCC2)c1. The molecule has 1 atom stereocenters. The minimum Gasteiger partial charge on any atom is -0.489 e. The Morgan fingerprint density at radius 2 is 2.24 bits per heavy atom. The van der Waals surface area contributed by atoms with E-state index in [-0.39, 0.29) is 11.5 Å². The van der Waals surface area contributed by atoms with Gasteiger partial charge in [0.05, 0.1) is 17.7 Å².